The minimum absolute atomic E-state index is 0. The summed E-state index contributed by atoms with van der Waals surface area (Å²) in [6.45, 7) is 5.06. The molecule has 1 aromatic rings. The third kappa shape index (κ3) is 6.87. The molecule has 0 saturated heterocycles. The molecule has 3 N–H and O–H groups in total. The molecule has 2 amide bonds. The summed E-state index contributed by atoms with van der Waals surface area (Å²) in [6.07, 6.45) is 3.50. The number of hydrogen-bond donors (Lipinski definition) is 2. The normalized spacial score (nSPS) is 18.5. The molecule has 6 nitrogen and oxygen atoms in total. The van der Waals surface area contributed by atoms with E-state index in [0.717, 1.165) is 19.3 Å². The Bertz CT molecular complexity index is 639. The number of nitrogens with two attached hydrogens (primary N) is 1. The molecule has 0 spiro atoms. The van der Waals surface area contributed by atoms with Gasteiger partial charge in [0.2, 0.25) is 5.91 Å². The first-order chi connectivity index (χ1) is 12.4. The Morgan fingerprint density at radius 2 is 2.00 bits per heavy atom. The van der Waals surface area contributed by atoms with E-state index < -0.39 is 0 Å². The number of rotatable bonds is 8. The van der Waals surface area contributed by atoms with Gasteiger partial charge in [-0.05, 0) is 50.8 Å². The van der Waals surface area contributed by atoms with Crippen LogP contribution in [0.3, 0.4) is 0 Å². The second kappa shape index (κ2) is 11.4. The van der Waals surface area contributed by atoms with Crippen LogP contribution in [0.5, 0.6) is 5.75 Å². The van der Waals surface area contributed by atoms with E-state index in [1.165, 1.54) is 0 Å². The van der Waals surface area contributed by atoms with E-state index in [9.17, 15) is 9.59 Å². The number of carbonyl (C=O) groups excluding carboxylic acids is 2. The molecule has 0 bridgehead atoms. The van der Waals surface area contributed by atoms with Crippen LogP contribution < -0.4 is 15.8 Å². The number of anilines is 1. The molecule has 0 unspecified atom stereocenters. The van der Waals surface area contributed by atoms with E-state index in [1.807, 2.05) is 13.8 Å². The van der Waals surface area contributed by atoms with Crippen molar-refractivity contribution in [1.82, 2.24) is 4.90 Å². The highest BCUT2D eigenvalue weighted by Crippen LogP contribution is 2.29. The van der Waals surface area contributed by atoms with Crippen molar-refractivity contribution in [3.05, 3.63) is 23.2 Å². The molecule has 1 saturated carbocycles. The largest absolute Gasteiger partial charge is 0.482 e. The van der Waals surface area contributed by atoms with Crippen molar-refractivity contribution in [3.8, 4) is 5.75 Å². The van der Waals surface area contributed by atoms with Crippen LogP contribution in [0.15, 0.2) is 18.2 Å². The van der Waals surface area contributed by atoms with Crippen molar-refractivity contribution in [1.29, 1.82) is 0 Å². The molecular formula is C19H29Cl2N3O3. The maximum atomic E-state index is 12.2. The monoisotopic (exact) mass is 417 g/mol. The predicted octanol–water partition coefficient (Wildman–Crippen LogP) is 3.47. The van der Waals surface area contributed by atoms with E-state index in [4.69, 9.17) is 22.1 Å². The summed E-state index contributed by atoms with van der Waals surface area (Å²) in [5.74, 6) is 0.521. The molecule has 1 aliphatic rings. The van der Waals surface area contributed by atoms with Crippen molar-refractivity contribution in [2.75, 3.05) is 25.0 Å². The van der Waals surface area contributed by atoms with Crippen LogP contribution in [0.25, 0.3) is 0 Å². The third-order valence-corrected chi connectivity index (χ3v) is 5.14. The number of ether oxygens (including phenoxy) is 1. The van der Waals surface area contributed by atoms with Crippen molar-refractivity contribution in [2.45, 2.75) is 45.6 Å². The van der Waals surface area contributed by atoms with Crippen LogP contribution in [0.4, 0.5) is 5.69 Å². The predicted molar refractivity (Wildman–Crippen MR) is 111 cm³/mol. The molecule has 2 atom stereocenters. The van der Waals surface area contributed by atoms with Gasteiger partial charge in [0, 0.05) is 31.2 Å². The Kier molecular flexibility index (Phi) is 9.91. The van der Waals surface area contributed by atoms with Gasteiger partial charge in [-0.1, -0.05) is 18.0 Å². The lowest BCUT2D eigenvalue weighted by molar-refractivity contribution is -0.133. The molecule has 27 heavy (non-hydrogen) atoms. The Hall–Kier alpha value is -1.50. The number of nitrogens with zero attached hydrogens (tertiary/aromatic N) is 1. The van der Waals surface area contributed by atoms with Crippen molar-refractivity contribution >= 4 is 41.5 Å². The summed E-state index contributed by atoms with van der Waals surface area (Å²) in [5, 5.41) is 3.20. The van der Waals surface area contributed by atoms with Gasteiger partial charge in [-0.3, -0.25) is 9.59 Å². The zero-order valence-electron chi connectivity index (χ0n) is 15.9. The number of nitrogens with one attached hydrogen (secondary N) is 1. The lowest BCUT2D eigenvalue weighted by Crippen LogP contribution is -2.34. The smallest absolute Gasteiger partial charge is 0.260 e. The first kappa shape index (κ1) is 23.5. The minimum Gasteiger partial charge on any atom is -0.482 e. The molecule has 1 aromatic carbocycles. The second-order valence-electron chi connectivity index (χ2n) is 6.61. The van der Waals surface area contributed by atoms with Gasteiger partial charge in [-0.2, -0.15) is 0 Å². The van der Waals surface area contributed by atoms with Crippen LogP contribution in [0.2, 0.25) is 5.02 Å². The first-order valence-corrected chi connectivity index (χ1v) is 9.57. The fourth-order valence-corrected chi connectivity index (χ4v) is 3.51. The summed E-state index contributed by atoms with van der Waals surface area (Å²) < 4.78 is 5.51. The van der Waals surface area contributed by atoms with Crippen molar-refractivity contribution < 1.29 is 14.3 Å². The highest BCUT2D eigenvalue weighted by Gasteiger charge is 2.26. The lowest BCUT2D eigenvalue weighted by atomic mass is 10.00. The number of amides is 2. The number of benzene rings is 1. The van der Waals surface area contributed by atoms with Crippen molar-refractivity contribution in [3.63, 3.8) is 0 Å². The Balaban J connectivity index is 0.00000364. The standard InChI is InChI=1S/C19H28ClN3O3.ClH/c1-3-23(4-2)19(25)12-26-17-9-8-14(11-15(17)20)22-18(24)10-13-6-5-7-16(13)21;/h8-9,11,13,16H,3-7,10,12,21H2,1-2H3,(H,22,24);1H/t13-,16+;/m0./s1. The van der Waals surface area contributed by atoms with Crippen LogP contribution in [0.1, 0.15) is 39.5 Å². The SMILES string of the molecule is CCN(CC)C(=O)COc1ccc(NC(=O)C[C@@H]2CCC[C@H]2N)cc1Cl.Cl. The molecule has 0 radical (unpaired) electrons. The fourth-order valence-electron chi connectivity index (χ4n) is 3.27. The van der Waals surface area contributed by atoms with Crippen LogP contribution in [0, 0.1) is 5.92 Å². The van der Waals surface area contributed by atoms with E-state index in [0.29, 0.717) is 36.0 Å². The van der Waals surface area contributed by atoms with Gasteiger partial charge in [-0.15, -0.1) is 12.4 Å². The summed E-state index contributed by atoms with van der Waals surface area (Å²) in [7, 11) is 0. The summed E-state index contributed by atoms with van der Waals surface area (Å²) in [4.78, 5) is 25.9. The number of carbonyl (C=O) groups is 2. The van der Waals surface area contributed by atoms with Crippen LogP contribution in [-0.2, 0) is 9.59 Å². The zero-order valence-corrected chi connectivity index (χ0v) is 17.4. The molecule has 2 rings (SSSR count). The average molecular weight is 418 g/mol. The Morgan fingerprint density at radius 3 is 2.56 bits per heavy atom. The van der Waals surface area contributed by atoms with Crippen LogP contribution >= 0.6 is 24.0 Å². The number of likely N-dealkylation sites (N-methyl/N-ethyl adjacent to an activating group) is 1. The molecule has 0 heterocycles. The van der Waals surface area contributed by atoms with E-state index in [1.54, 1.807) is 23.1 Å². The Labute approximate surface area is 172 Å². The van der Waals surface area contributed by atoms with Gasteiger partial charge in [0.15, 0.2) is 6.61 Å². The van der Waals surface area contributed by atoms with Gasteiger partial charge < -0.3 is 20.7 Å². The highest BCUT2D eigenvalue weighted by atomic mass is 35.5. The van der Waals surface area contributed by atoms with Gasteiger partial charge >= 0.3 is 0 Å². The van der Waals surface area contributed by atoms with Gasteiger partial charge in [0.25, 0.3) is 5.91 Å². The molecule has 0 aromatic heterocycles. The van der Waals surface area contributed by atoms with Gasteiger partial charge in [0.1, 0.15) is 5.75 Å². The van der Waals surface area contributed by atoms with E-state index >= 15 is 0 Å². The Morgan fingerprint density at radius 1 is 1.30 bits per heavy atom. The number of hydrogen-bond acceptors (Lipinski definition) is 4. The van der Waals surface area contributed by atoms with Crippen molar-refractivity contribution in [2.24, 2.45) is 11.7 Å². The molecule has 1 fully saturated rings. The summed E-state index contributed by atoms with van der Waals surface area (Å²) >= 11 is 6.22. The summed E-state index contributed by atoms with van der Waals surface area (Å²) in [5.41, 5.74) is 6.62. The quantitative estimate of drug-likeness (QED) is 0.677. The molecule has 0 aliphatic heterocycles. The zero-order chi connectivity index (χ0) is 19.1. The van der Waals surface area contributed by atoms with E-state index in [2.05, 4.69) is 5.32 Å². The average Bonchev–Trinajstić information content (AvgIpc) is 3.00. The molecular weight excluding hydrogens is 389 g/mol. The fraction of sp³-hybridized carbons (Fsp3) is 0.579. The maximum absolute atomic E-state index is 12.2. The topological polar surface area (TPSA) is 84.7 Å². The van der Waals surface area contributed by atoms with Crippen LogP contribution in [-0.4, -0.2) is 42.5 Å². The molecule has 8 heteroatoms. The highest BCUT2D eigenvalue weighted by molar-refractivity contribution is 6.32. The third-order valence-electron chi connectivity index (χ3n) is 4.85. The van der Waals surface area contributed by atoms with Gasteiger partial charge in [-0.25, -0.2) is 0 Å². The molecule has 1 aliphatic carbocycles. The number of halogens is 2. The van der Waals surface area contributed by atoms with Gasteiger partial charge in [0.05, 0.1) is 5.02 Å². The lowest BCUT2D eigenvalue weighted by Gasteiger charge is -2.19. The maximum Gasteiger partial charge on any atom is 0.260 e. The summed E-state index contributed by atoms with van der Waals surface area (Å²) in [6, 6.07) is 5.12. The second-order valence-corrected chi connectivity index (χ2v) is 7.01. The minimum atomic E-state index is -0.0867. The first-order valence-electron chi connectivity index (χ1n) is 9.20. The van der Waals surface area contributed by atoms with E-state index in [-0.39, 0.29) is 42.8 Å². The molecule has 152 valence electrons.